The third kappa shape index (κ3) is 1.97. The Morgan fingerprint density at radius 2 is 2.36 bits per heavy atom. The molecule has 0 saturated heterocycles. The third-order valence-corrected chi connectivity index (χ3v) is 0.948. The second-order valence-electron chi connectivity index (χ2n) is 1.72. The van der Waals surface area contributed by atoms with Gasteiger partial charge in [0, 0.05) is 8.43 Å². The van der Waals surface area contributed by atoms with Crippen LogP contribution in [0.1, 0.15) is 13.8 Å². The fourth-order valence-electron chi connectivity index (χ4n) is 0.528. The molecule has 0 radical (unpaired) electrons. The molecule has 0 atom stereocenters. The van der Waals surface area contributed by atoms with E-state index in [1.54, 1.807) is 0 Å². The van der Waals surface area contributed by atoms with Gasteiger partial charge in [-0.3, -0.25) is 4.79 Å². The van der Waals surface area contributed by atoms with Gasteiger partial charge in [0.05, 0.1) is 11.9 Å². The van der Waals surface area contributed by atoms with Gasteiger partial charge in [-0.05, 0) is 11.6 Å². The van der Waals surface area contributed by atoms with Gasteiger partial charge in [0.15, 0.2) is 0 Å². The van der Waals surface area contributed by atoms with Crippen molar-refractivity contribution in [2.45, 2.75) is 6.37 Å². The number of aliphatic carboxylic acids is 1. The Hall–Kier alpha value is -1.51. The quantitative estimate of drug-likeness (QED) is 0.627. The van der Waals surface area contributed by atoms with E-state index in [-0.39, 0.29) is 0 Å². The SMILES string of the molecule is [2H]c1c([2H])c([2H])c(C([2H])([2H])C(=O)O)c(N)c1[2H]. The zero-order valence-electron chi connectivity index (χ0n) is 11.4. The summed E-state index contributed by atoms with van der Waals surface area (Å²) in [6.45, 7) is 0. The van der Waals surface area contributed by atoms with E-state index < -0.39 is 47.8 Å². The molecule has 11 heavy (non-hydrogen) atoms. The first-order valence-corrected chi connectivity index (χ1v) is 2.72. The van der Waals surface area contributed by atoms with Gasteiger partial charge < -0.3 is 10.8 Å². The topological polar surface area (TPSA) is 63.3 Å². The first kappa shape index (κ1) is 2.85. The van der Waals surface area contributed by atoms with Gasteiger partial charge in [-0.2, -0.15) is 0 Å². The van der Waals surface area contributed by atoms with Gasteiger partial charge in [-0.25, -0.2) is 0 Å². The Bertz CT molecular complexity index is 472. The predicted molar refractivity (Wildman–Crippen MR) is 42.2 cm³/mol. The van der Waals surface area contributed by atoms with Crippen LogP contribution in [0.25, 0.3) is 0 Å². The summed E-state index contributed by atoms with van der Waals surface area (Å²) < 4.78 is 44.1. The Kier molecular flexibility index (Phi) is 0.791. The van der Waals surface area contributed by atoms with Crippen molar-refractivity contribution in [3.05, 3.63) is 29.7 Å². The second-order valence-corrected chi connectivity index (χ2v) is 1.72. The molecule has 1 aromatic carbocycles. The van der Waals surface area contributed by atoms with E-state index in [1.807, 2.05) is 0 Å². The van der Waals surface area contributed by atoms with Gasteiger partial charge >= 0.3 is 5.97 Å². The number of carboxylic acids is 1. The molecule has 58 valence electrons. The maximum atomic E-state index is 10.8. The van der Waals surface area contributed by atoms with Gasteiger partial charge in [-0.1, -0.05) is 18.1 Å². The van der Waals surface area contributed by atoms with Crippen LogP contribution in [0.15, 0.2) is 24.2 Å². The van der Waals surface area contributed by atoms with E-state index in [9.17, 15) is 4.79 Å². The molecule has 3 N–H and O–H groups in total. The van der Waals surface area contributed by atoms with Crippen LogP contribution >= 0.6 is 0 Å². The molecule has 0 aliphatic rings. The van der Waals surface area contributed by atoms with Crippen molar-refractivity contribution in [2.75, 3.05) is 5.73 Å². The lowest BCUT2D eigenvalue weighted by molar-refractivity contribution is -0.136. The van der Waals surface area contributed by atoms with Crippen molar-refractivity contribution < 1.29 is 18.1 Å². The highest BCUT2D eigenvalue weighted by Crippen LogP contribution is 2.10. The van der Waals surface area contributed by atoms with E-state index in [0.717, 1.165) is 0 Å². The number of anilines is 1. The standard InChI is InChI=1S/C8H9NO2/c9-7-4-2-1-3-6(7)5-8(10)11/h1-4H,5,9H2,(H,10,11)/i1D,2D,3D,4D,5D2. The molecule has 0 unspecified atom stereocenters. The Morgan fingerprint density at radius 3 is 3.00 bits per heavy atom. The summed E-state index contributed by atoms with van der Waals surface area (Å²) in [5.74, 6) is -1.87. The fraction of sp³-hybridized carbons (Fsp3) is 0.125. The molecule has 0 bridgehead atoms. The number of carboxylic acid groups (broad SMARTS) is 1. The summed E-state index contributed by atoms with van der Waals surface area (Å²) in [4.78, 5) is 10.8. The summed E-state index contributed by atoms with van der Waals surface area (Å²) in [5, 5.41) is 8.71. The molecule has 1 aromatic rings. The summed E-state index contributed by atoms with van der Waals surface area (Å²) >= 11 is 0. The van der Waals surface area contributed by atoms with Crippen LogP contribution in [-0.4, -0.2) is 11.1 Å². The van der Waals surface area contributed by atoms with Gasteiger partial charge in [-0.15, -0.1) is 0 Å². The number of carbonyl (C=O) groups is 1. The molecule has 3 nitrogen and oxygen atoms in total. The monoisotopic (exact) mass is 157 g/mol. The number of nitrogens with two attached hydrogens (primary N) is 1. The van der Waals surface area contributed by atoms with Crippen LogP contribution in [0.2, 0.25) is 0 Å². The van der Waals surface area contributed by atoms with Crippen molar-refractivity contribution in [1.82, 2.24) is 0 Å². The van der Waals surface area contributed by atoms with Crippen LogP contribution in [0, 0.1) is 0 Å². The van der Waals surface area contributed by atoms with E-state index in [4.69, 9.17) is 19.1 Å². The minimum atomic E-state index is -2.97. The summed E-state index contributed by atoms with van der Waals surface area (Å²) in [5.41, 5.74) is 4.02. The Labute approximate surface area is 72.9 Å². The number of benzene rings is 1. The molecule has 0 aromatic heterocycles. The molecule has 1 rings (SSSR count). The highest BCUT2D eigenvalue weighted by atomic mass is 16.4. The van der Waals surface area contributed by atoms with Crippen LogP contribution in [-0.2, 0) is 11.2 Å². The molecule has 3 heteroatoms. The van der Waals surface area contributed by atoms with Gasteiger partial charge in [0.2, 0.25) is 0 Å². The maximum absolute atomic E-state index is 10.8. The molecular weight excluding hydrogens is 142 g/mol. The van der Waals surface area contributed by atoms with Crippen LogP contribution in [0.3, 0.4) is 0 Å². The van der Waals surface area contributed by atoms with Crippen LogP contribution in [0.5, 0.6) is 0 Å². The van der Waals surface area contributed by atoms with Crippen molar-refractivity contribution >= 4 is 11.7 Å². The average molecular weight is 157 g/mol. The van der Waals surface area contributed by atoms with Crippen molar-refractivity contribution in [3.63, 3.8) is 0 Å². The number of rotatable bonds is 2. The average Bonchev–Trinajstić information content (AvgIpc) is 2.23. The van der Waals surface area contributed by atoms with Crippen molar-refractivity contribution in [2.24, 2.45) is 0 Å². The van der Waals surface area contributed by atoms with Crippen molar-refractivity contribution in [3.8, 4) is 0 Å². The number of hydrogen-bond acceptors (Lipinski definition) is 2. The second kappa shape index (κ2) is 3.05. The number of hydrogen-bond donors (Lipinski definition) is 2. The van der Waals surface area contributed by atoms with E-state index in [2.05, 4.69) is 0 Å². The third-order valence-electron chi connectivity index (χ3n) is 0.948. The molecule has 0 saturated carbocycles. The molecule has 0 fully saturated rings. The van der Waals surface area contributed by atoms with Gasteiger partial charge in [0.1, 0.15) is 0 Å². The fourth-order valence-corrected chi connectivity index (χ4v) is 0.528. The zero-order valence-corrected chi connectivity index (χ0v) is 5.43. The highest BCUT2D eigenvalue weighted by molar-refractivity contribution is 5.72. The van der Waals surface area contributed by atoms with E-state index in [1.165, 1.54) is 0 Å². The molecule has 0 heterocycles. The number of para-hydroxylation sites is 1. The lowest BCUT2D eigenvalue weighted by Gasteiger charge is -1.99. The lowest BCUT2D eigenvalue weighted by atomic mass is 10.1. The molecular formula is C8H9NO2. The predicted octanol–water partition coefficient (Wildman–Crippen LogP) is 0.896. The normalized spacial score (nSPS) is 18.5. The summed E-state index contributed by atoms with van der Waals surface area (Å²) in [6, 6.07) is -2.77. The Morgan fingerprint density at radius 1 is 1.73 bits per heavy atom. The van der Waals surface area contributed by atoms with Crippen LogP contribution < -0.4 is 5.73 Å². The maximum Gasteiger partial charge on any atom is 0.307 e. The molecule has 0 spiro atoms. The number of nitrogen functional groups attached to an aromatic ring is 1. The zero-order chi connectivity index (χ0) is 13.5. The van der Waals surface area contributed by atoms with Crippen molar-refractivity contribution in [1.29, 1.82) is 0 Å². The highest BCUT2D eigenvalue weighted by Gasteiger charge is 2.01. The summed E-state index contributed by atoms with van der Waals surface area (Å²) in [6.07, 6.45) is -2.97. The smallest absolute Gasteiger partial charge is 0.307 e. The summed E-state index contributed by atoms with van der Waals surface area (Å²) in [7, 11) is 0. The van der Waals surface area contributed by atoms with Crippen LogP contribution in [0.4, 0.5) is 5.69 Å². The first-order valence-electron chi connectivity index (χ1n) is 5.72. The minimum absolute atomic E-state index is 0.594. The first-order chi connectivity index (χ1) is 7.62. The largest absolute Gasteiger partial charge is 0.481 e. The van der Waals surface area contributed by atoms with E-state index in [0.29, 0.717) is 0 Å². The lowest BCUT2D eigenvalue weighted by Crippen LogP contribution is -2.02. The van der Waals surface area contributed by atoms with Gasteiger partial charge in [0.25, 0.3) is 0 Å². The Balaban J connectivity index is 3.72. The van der Waals surface area contributed by atoms with E-state index >= 15 is 0 Å². The molecule has 0 aliphatic carbocycles. The molecule has 0 aliphatic heterocycles. The molecule has 0 amide bonds. The minimum Gasteiger partial charge on any atom is -0.481 e.